The number of Topliss-reactive ketones (excluding diaryl/α,β-unsaturated/α-hetero) is 3. The molecule has 0 aromatic carbocycles. The lowest BCUT2D eigenvalue weighted by Gasteiger charge is -2.27. The van der Waals surface area contributed by atoms with Crippen LogP contribution in [0.4, 0.5) is 0 Å². The van der Waals surface area contributed by atoms with Crippen LogP contribution in [0.3, 0.4) is 0 Å². The predicted octanol–water partition coefficient (Wildman–Crippen LogP) is 3.26. The van der Waals surface area contributed by atoms with Crippen LogP contribution in [0.15, 0.2) is 0 Å². The Morgan fingerprint density at radius 1 is 1.09 bits per heavy atom. The molecule has 4 nitrogen and oxygen atoms in total. The first-order valence-electron chi connectivity index (χ1n) is 8.81. The second-order valence-corrected chi connectivity index (χ2v) is 6.78. The summed E-state index contributed by atoms with van der Waals surface area (Å²) in [5.74, 6) is -1.42. The van der Waals surface area contributed by atoms with Crippen LogP contribution in [0, 0.1) is 11.8 Å². The van der Waals surface area contributed by atoms with Gasteiger partial charge in [-0.3, -0.25) is 14.4 Å². The van der Waals surface area contributed by atoms with Crippen molar-refractivity contribution in [2.24, 2.45) is 11.8 Å². The molecule has 0 spiro atoms. The highest BCUT2D eigenvalue weighted by molar-refractivity contribution is 6.20. The fraction of sp³-hybridized carbons (Fsp3) is 0.833. The Bertz CT molecular complexity index is 391. The molecule has 0 bridgehead atoms. The van der Waals surface area contributed by atoms with Crippen molar-refractivity contribution in [2.75, 3.05) is 6.61 Å². The minimum absolute atomic E-state index is 0.0641. The molecule has 0 radical (unpaired) electrons. The van der Waals surface area contributed by atoms with Gasteiger partial charge in [0.25, 0.3) is 0 Å². The summed E-state index contributed by atoms with van der Waals surface area (Å²) in [7, 11) is 0. The van der Waals surface area contributed by atoms with Gasteiger partial charge in [-0.1, -0.05) is 26.2 Å². The van der Waals surface area contributed by atoms with Crippen molar-refractivity contribution in [2.45, 2.75) is 77.2 Å². The van der Waals surface area contributed by atoms with Crippen molar-refractivity contribution in [3.63, 3.8) is 0 Å². The molecule has 4 heteroatoms. The summed E-state index contributed by atoms with van der Waals surface area (Å²) in [5.41, 5.74) is 0. The third kappa shape index (κ3) is 4.73. The maximum absolute atomic E-state index is 12.1. The van der Waals surface area contributed by atoms with E-state index >= 15 is 0 Å². The molecule has 2 aliphatic rings. The van der Waals surface area contributed by atoms with Crippen LogP contribution in [-0.4, -0.2) is 30.1 Å². The highest BCUT2D eigenvalue weighted by Crippen LogP contribution is 2.28. The first-order valence-corrected chi connectivity index (χ1v) is 8.81. The predicted molar refractivity (Wildman–Crippen MR) is 83.6 cm³/mol. The molecule has 0 aromatic rings. The number of ketones is 3. The standard InChI is InChI=1S/C18H28O4/c1-2-6-15(19)18-16(20)11-13(12-17(18)21)9-10-22-14-7-4-3-5-8-14/h13-14,18H,2-12H2,1H3. The van der Waals surface area contributed by atoms with Crippen LogP contribution in [0.25, 0.3) is 0 Å². The lowest BCUT2D eigenvalue weighted by molar-refractivity contribution is -0.143. The minimum Gasteiger partial charge on any atom is -0.378 e. The molecule has 0 amide bonds. The Labute approximate surface area is 133 Å². The van der Waals surface area contributed by atoms with Gasteiger partial charge in [-0.15, -0.1) is 0 Å². The van der Waals surface area contributed by atoms with Gasteiger partial charge in [-0.2, -0.15) is 0 Å². The summed E-state index contributed by atoms with van der Waals surface area (Å²) in [5, 5.41) is 0. The van der Waals surface area contributed by atoms with Gasteiger partial charge in [0.2, 0.25) is 0 Å². The number of rotatable bonds is 7. The van der Waals surface area contributed by atoms with E-state index in [9.17, 15) is 14.4 Å². The van der Waals surface area contributed by atoms with E-state index in [0.717, 1.165) is 19.3 Å². The van der Waals surface area contributed by atoms with Gasteiger partial charge < -0.3 is 4.74 Å². The number of carbonyl (C=O) groups excluding carboxylic acids is 3. The molecule has 0 aliphatic heterocycles. The van der Waals surface area contributed by atoms with Gasteiger partial charge in [0.1, 0.15) is 5.92 Å². The third-order valence-electron chi connectivity index (χ3n) is 4.87. The number of hydrogen-bond donors (Lipinski definition) is 0. The molecule has 22 heavy (non-hydrogen) atoms. The number of ether oxygens (including phenoxy) is 1. The van der Waals surface area contributed by atoms with Crippen molar-refractivity contribution >= 4 is 17.3 Å². The fourth-order valence-electron chi connectivity index (χ4n) is 3.64. The Hall–Kier alpha value is -1.03. The smallest absolute Gasteiger partial charge is 0.151 e. The molecular weight excluding hydrogens is 280 g/mol. The molecular formula is C18H28O4. The van der Waals surface area contributed by atoms with Crippen molar-refractivity contribution < 1.29 is 19.1 Å². The lowest BCUT2D eigenvalue weighted by atomic mass is 9.76. The van der Waals surface area contributed by atoms with E-state index in [-0.39, 0.29) is 23.3 Å². The summed E-state index contributed by atoms with van der Waals surface area (Å²) in [4.78, 5) is 36.1. The molecule has 2 rings (SSSR count). The highest BCUT2D eigenvalue weighted by Gasteiger charge is 2.39. The summed E-state index contributed by atoms with van der Waals surface area (Å²) in [6.45, 7) is 2.52. The van der Waals surface area contributed by atoms with E-state index in [1.165, 1.54) is 19.3 Å². The molecule has 124 valence electrons. The average Bonchev–Trinajstić information content (AvgIpc) is 2.48. The molecule has 0 atom stereocenters. The Morgan fingerprint density at radius 2 is 1.73 bits per heavy atom. The van der Waals surface area contributed by atoms with E-state index in [1.807, 2.05) is 6.92 Å². The van der Waals surface area contributed by atoms with Gasteiger partial charge in [0.15, 0.2) is 17.3 Å². The summed E-state index contributed by atoms with van der Waals surface area (Å²) in [6, 6.07) is 0. The highest BCUT2D eigenvalue weighted by atomic mass is 16.5. The fourth-order valence-corrected chi connectivity index (χ4v) is 3.64. The lowest BCUT2D eigenvalue weighted by Crippen LogP contribution is -2.39. The molecule has 2 saturated carbocycles. The van der Waals surface area contributed by atoms with Gasteiger partial charge in [0.05, 0.1) is 6.10 Å². The molecule has 0 heterocycles. The third-order valence-corrected chi connectivity index (χ3v) is 4.87. The molecule has 0 unspecified atom stereocenters. The zero-order chi connectivity index (χ0) is 15.9. The van der Waals surface area contributed by atoms with Crippen LogP contribution in [0.5, 0.6) is 0 Å². The van der Waals surface area contributed by atoms with Crippen LogP contribution in [0.2, 0.25) is 0 Å². The van der Waals surface area contributed by atoms with Crippen LogP contribution in [0.1, 0.15) is 71.1 Å². The Balaban J connectivity index is 1.74. The largest absolute Gasteiger partial charge is 0.378 e. The minimum atomic E-state index is -0.963. The topological polar surface area (TPSA) is 60.4 Å². The van der Waals surface area contributed by atoms with Crippen LogP contribution < -0.4 is 0 Å². The van der Waals surface area contributed by atoms with E-state index in [4.69, 9.17) is 4.74 Å². The summed E-state index contributed by atoms with van der Waals surface area (Å²) < 4.78 is 5.88. The van der Waals surface area contributed by atoms with Crippen LogP contribution in [-0.2, 0) is 19.1 Å². The van der Waals surface area contributed by atoms with Gasteiger partial charge in [-0.05, 0) is 31.6 Å². The second-order valence-electron chi connectivity index (χ2n) is 6.78. The zero-order valence-electron chi connectivity index (χ0n) is 13.6. The summed E-state index contributed by atoms with van der Waals surface area (Å²) >= 11 is 0. The zero-order valence-corrected chi connectivity index (χ0v) is 13.6. The van der Waals surface area contributed by atoms with Gasteiger partial charge in [0, 0.05) is 25.9 Å². The molecule has 0 N–H and O–H groups in total. The van der Waals surface area contributed by atoms with Crippen molar-refractivity contribution in [1.29, 1.82) is 0 Å². The van der Waals surface area contributed by atoms with E-state index in [0.29, 0.717) is 38.4 Å². The maximum atomic E-state index is 12.1. The van der Waals surface area contributed by atoms with E-state index in [2.05, 4.69) is 0 Å². The van der Waals surface area contributed by atoms with E-state index < -0.39 is 5.92 Å². The van der Waals surface area contributed by atoms with Crippen LogP contribution >= 0.6 is 0 Å². The normalized spacial score (nSPS) is 27.1. The number of hydrogen-bond acceptors (Lipinski definition) is 4. The first-order chi connectivity index (χ1) is 10.6. The van der Waals surface area contributed by atoms with Gasteiger partial charge >= 0.3 is 0 Å². The SMILES string of the molecule is CCCC(=O)C1C(=O)CC(CCOC2CCCCC2)CC1=O. The first kappa shape index (κ1) is 17.3. The molecule has 0 saturated heterocycles. The van der Waals surface area contributed by atoms with E-state index in [1.54, 1.807) is 0 Å². The van der Waals surface area contributed by atoms with Crippen molar-refractivity contribution in [3.05, 3.63) is 0 Å². The number of carbonyl (C=O) groups is 3. The van der Waals surface area contributed by atoms with Crippen molar-refractivity contribution in [1.82, 2.24) is 0 Å². The van der Waals surface area contributed by atoms with Gasteiger partial charge in [-0.25, -0.2) is 0 Å². The van der Waals surface area contributed by atoms with Crippen molar-refractivity contribution in [3.8, 4) is 0 Å². The Kier molecular flexibility index (Phi) is 6.74. The quantitative estimate of drug-likeness (QED) is 0.677. The molecule has 0 aromatic heterocycles. The molecule has 2 fully saturated rings. The second kappa shape index (κ2) is 8.56. The molecule has 2 aliphatic carbocycles. The summed E-state index contributed by atoms with van der Waals surface area (Å²) in [6.07, 6.45) is 8.92. The Morgan fingerprint density at radius 3 is 2.32 bits per heavy atom. The maximum Gasteiger partial charge on any atom is 0.151 e. The monoisotopic (exact) mass is 308 g/mol. The average molecular weight is 308 g/mol.